The predicted molar refractivity (Wildman–Crippen MR) is 285 cm³/mol. The van der Waals surface area contributed by atoms with E-state index in [-0.39, 0.29) is 0 Å². The molecule has 6 heteroatoms. The number of para-hydroxylation sites is 6. The molecule has 14 rings (SSSR count). The molecule has 0 fully saturated rings. The van der Waals surface area contributed by atoms with Gasteiger partial charge in [-0.15, -0.1) is 0 Å². The summed E-state index contributed by atoms with van der Waals surface area (Å²) in [6.45, 7) is 0. The minimum atomic E-state index is 0.603. The summed E-state index contributed by atoms with van der Waals surface area (Å²) in [5.74, 6) is 1.84. The Kier molecular flexibility index (Phi) is 8.79. The fourth-order valence-corrected chi connectivity index (χ4v) is 10.7. The third-order valence-electron chi connectivity index (χ3n) is 13.7. The maximum atomic E-state index is 5.39. The van der Waals surface area contributed by atoms with Crippen molar-refractivity contribution in [1.29, 1.82) is 0 Å². The summed E-state index contributed by atoms with van der Waals surface area (Å²) in [5.41, 5.74) is 14.9. The van der Waals surface area contributed by atoms with Gasteiger partial charge in [-0.1, -0.05) is 170 Å². The Hall–Kier alpha value is -9.39. The Morgan fingerprint density at radius 3 is 1.25 bits per heavy atom. The molecule has 0 spiro atoms. The largest absolute Gasteiger partial charge is 0.309 e. The van der Waals surface area contributed by atoms with Crippen LogP contribution >= 0.6 is 0 Å². The van der Waals surface area contributed by atoms with E-state index in [1.165, 1.54) is 21.7 Å². The van der Waals surface area contributed by atoms with E-state index in [0.29, 0.717) is 17.5 Å². The summed E-state index contributed by atoms with van der Waals surface area (Å²) < 4.78 is 7.23. The lowest BCUT2D eigenvalue weighted by Gasteiger charge is -2.17. The fourth-order valence-electron chi connectivity index (χ4n) is 10.7. The molecule has 0 radical (unpaired) electrons. The van der Waals surface area contributed by atoms with Gasteiger partial charge in [0.25, 0.3) is 0 Å². The number of hydrogen-bond donors (Lipinski definition) is 0. The van der Waals surface area contributed by atoms with Crippen LogP contribution in [-0.2, 0) is 0 Å². The van der Waals surface area contributed by atoms with Crippen LogP contribution in [0.15, 0.2) is 243 Å². The first-order valence-corrected chi connectivity index (χ1v) is 23.4. The van der Waals surface area contributed by atoms with E-state index in [1.54, 1.807) is 0 Å². The van der Waals surface area contributed by atoms with E-state index in [0.717, 1.165) is 88.6 Å². The van der Waals surface area contributed by atoms with Crippen molar-refractivity contribution in [3.05, 3.63) is 243 Å². The second-order valence-corrected chi connectivity index (χ2v) is 17.6. The third-order valence-corrected chi connectivity index (χ3v) is 13.7. The van der Waals surface area contributed by atoms with E-state index in [4.69, 9.17) is 15.0 Å². The monoisotopic (exact) mass is 880 g/mol. The van der Waals surface area contributed by atoms with E-state index < -0.39 is 0 Å². The summed E-state index contributed by atoms with van der Waals surface area (Å²) >= 11 is 0. The first kappa shape index (κ1) is 38.8. The average molecular weight is 881 g/mol. The van der Waals surface area contributed by atoms with Gasteiger partial charge >= 0.3 is 0 Å². The Morgan fingerprint density at radius 2 is 0.667 bits per heavy atom. The van der Waals surface area contributed by atoms with Gasteiger partial charge in [-0.05, 0) is 78.4 Å². The first-order chi connectivity index (χ1) is 34.2. The van der Waals surface area contributed by atoms with Crippen LogP contribution in [0.5, 0.6) is 0 Å². The molecule has 10 aromatic carbocycles. The van der Waals surface area contributed by atoms with Crippen molar-refractivity contribution in [2.75, 3.05) is 0 Å². The molecule has 0 atom stereocenters. The van der Waals surface area contributed by atoms with Gasteiger partial charge in [0.15, 0.2) is 17.5 Å². The molecule has 4 heterocycles. The molecule has 322 valence electrons. The maximum absolute atomic E-state index is 5.39. The van der Waals surface area contributed by atoms with E-state index >= 15 is 0 Å². The molecule has 0 saturated heterocycles. The minimum Gasteiger partial charge on any atom is -0.309 e. The number of benzene rings is 10. The van der Waals surface area contributed by atoms with Crippen LogP contribution in [0, 0.1) is 0 Å². The Labute approximate surface area is 397 Å². The van der Waals surface area contributed by atoms with Gasteiger partial charge in [0.1, 0.15) is 0 Å². The van der Waals surface area contributed by atoms with E-state index in [9.17, 15) is 0 Å². The van der Waals surface area contributed by atoms with Gasteiger partial charge in [-0.25, -0.2) is 15.0 Å². The molecule has 0 bridgehead atoms. The number of aromatic nitrogens is 6. The molecule has 69 heavy (non-hydrogen) atoms. The van der Waals surface area contributed by atoms with Crippen LogP contribution in [0.4, 0.5) is 0 Å². The highest BCUT2D eigenvalue weighted by atomic mass is 15.0. The van der Waals surface area contributed by atoms with Crippen molar-refractivity contribution >= 4 is 65.4 Å². The highest BCUT2D eigenvalue weighted by molar-refractivity contribution is 6.18. The van der Waals surface area contributed by atoms with Crippen LogP contribution in [0.2, 0.25) is 0 Å². The van der Waals surface area contributed by atoms with E-state index in [1.807, 2.05) is 36.4 Å². The van der Waals surface area contributed by atoms with Crippen molar-refractivity contribution in [2.45, 2.75) is 0 Å². The normalized spacial score (nSPS) is 11.8. The summed E-state index contributed by atoms with van der Waals surface area (Å²) in [6.07, 6.45) is 0. The SMILES string of the molecule is c1ccc(-c2nc(-c3ccccc3)nc(-c3cc4c5ccccc5n(-c5ccccc5)c4cc3-c3cccc4c5ccccc5n(-c5ccc6c(c5)c5ccccc5n6-c5ccccc5)c34)n2)cc1. The molecule has 0 saturated carbocycles. The molecule has 0 amide bonds. The number of nitrogens with zero attached hydrogens (tertiary/aromatic N) is 6. The molecule has 0 aliphatic heterocycles. The zero-order valence-electron chi connectivity index (χ0n) is 37.3. The smallest absolute Gasteiger partial charge is 0.164 e. The Bertz CT molecular complexity index is 4230. The van der Waals surface area contributed by atoms with Gasteiger partial charge in [0.05, 0.1) is 33.1 Å². The zero-order chi connectivity index (χ0) is 45.4. The van der Waals surface area contributed by atoms with Crippen molar-refractivity contribution in [3.63, 3.8) is 0 Å². The first-order valence-electron chi connectivity index (χ1n) is 23.4. The van der Waals surface area contributed by atoms with Crippen molar-refractivity contribution in [3.8, 4) is 62.4 Å². The number of hydrogen-bond acceptors (Lipinski definition) is 3. The van der Waals surface area contributed by atoms with Gasteiger partial charge < -0.3 is 13.7 Å². The van der Waals surface area contributed by atoms with Crippen LogP contribution in [-0.4, -0.2) is 28.7 Å². The number of fused-ring (bicyclic) bond motifs is 9. The van der Waals surface area contributed by atoms with Crippen LogP contribution in [0.3, 0.4) is 0 Å². The standard InChI is InChI=1S/C63H40N6/c1-5-20-41(21-6-1)61-64-62(42-22-7-2-8-23-42)66-63(65-61)54-39-53-48-30-15-17-34-56(48)68(44-26-11-4-12-27-44)59(53)40-51(54)50-32-19-31-49-46-28-13-18-35-57(46)69(60(49)50)45-36-37-58-52(38-45)47-29-14-16-33-55(47)67(58)43-24-9-3-10-25-43/h1-40H. The van der Waals surface area contributed by atoms with Crippen LogP contribution < -0.4 is 0 Å². The molecule has 0 N–H and O–H groups in total. The molecule has 14 aromatic rings. The van der Waals surface area contributed by atoms with Crippen molar-refractivity contribution in [1.82, 2.24) is 28.7 Å². The molecule has 4 aromatic heterocycles. The molecular weight excluding hydrogens is 841 g/mol. The highest BCUT2D eigenvalue weighted by Gasteiger charge is 2.25. The zero-order valence-corrected chi connectivity index (χ0v) is 37.3. The lowest BCUT2D eigenvalue weighted by molar-refractivity contribution is 1.07. The second-order valence-electron chi connectivity index (χ2n) is 17.6. The lowest BCUT2D eigenvalue weighted by atomic mass is 9.94. The highest BCUT2D eigenvalue weighted by Crippen LogP contribution is 2.45. The maximum Gasteiger partial charge on any atom is 0.164 e. The fraction of sp³-hybridized carbons (Fsp3) is 0. The molecule has 0 aliphatic carbocycles. The quantitative estimate of drug-likeness (QED) is 0.160. The average Bonchev–Trinajstić information content (AvgIpc) is 4.06. The second kappa shape index (κ2) is 15.6. The predicted octanol–water partition coefficient (Wildman–Crippen LogP) is 15.8. The van der Waals surface area contributed by atoms with Crippen molar-refractivity contribution < 1.29 is 0 Å². The molecular formula is C63H40N6. The summed E-state index contributed by atoms with van der Waals surface area (Å²) in [7, 11) is 0. The minimum absolute atomic E-state index is 0.603. The van der Waals surface area contributed by atoms with E-state index in [2.05, 4.69) is 220 Å². The van der Waals surface area contributed by atoms with Gasteiger partial charge in [-0.3, -0.25) is 0 Å². The molecule has 0 aliphatic rings. The Balaban J connectivity index is 1.11. The summed E-state index contributed by atoms with van der Waals surface area (Å²) in [5, 5.41) is 7.01. The summed E-state index contributed by atoms with van der Waals surface area (Å²) in [4.78, 5) is 15.9. The van der Waals surface area contributed by atoms with Crippen LogP contribution in [0.1, 0.15) is 0 Å². The lowest BCUT2D eigenvalue weighted by Crippen LogP contribution is -2.02. The van der Waals surface area contributed by atoms with Gasteiger partial charge in [-0.2, -0.15) is 0 Å². The topological polar surface area (TPSA) is 53.5 Å². The molecule has 0 unspecified atom stereocenters. The van der Waals surface area contributed by atoms with Gasteiger partial charge in [0, 0.05) is 71.6 Å². The number of rotatable bonds is 7. The van der Waals surface area contributed by atoms with Crippen LogP contribution in [0.25, 0.3) is 128 Å². The Morgan fingerprint density at radius 1 is 0.232 bits per heavy atom. The molecule has 6 nitrogen and oxygen atoms in total. The third kappa shape index (κ3) is 6.16. The van der Waals surface area contributed by atoms with Gasteiger partial charge in [0.2, 0.25) is 0 Å². The summed E-state index contributed by atoms with van der Waals surface area (Å²) in [6, 6.07) is 86.4. The van der Waals surface area contributed by atoms with Crippen molar-refractivity contribution in [2.24, 2.45) is 0 Å².